The first-order chi connectivity index (χ1) is 8.31. The summed E-state index contributed by atoms with van der Waals surface area (Å²) in [5, 5.41) is 7.68. The number of rotatable bonds is 5. The van der Waals surface area contributed by atoms with E-state index in [1.54, 1.807) is 0 Å². The highest BCUT2D eigenvalue weighted by atomic mass is 15.3. The molecule has 3 nitrogen and oxygen atoms in total. The van der Waals surface area contributed by atoms with Gasteiger partial charge in [0.1, 0.15) is 0 Å². The molecular weight excluding hydrogens is 210 g/mol. The molecule has 2 rings (SSSR count). The first-order valence-corrected chi connectivity index (χ1v) is 6.96. The maximum atomic E-state index is 4.26. The average molecular weight is 235 g/mol. The molecule has 0 radical (unpaired) electrons. The third-order valence-corrected chi connectivity index (χ3v) is 4.15. The van der Waals surface area contributed by atoms with Crippen molar-refractivity contribution < 1.29 is 0 Å². The quantitative estimate of drug-likeness (QED) is 0.850. The summed E-state index contributed by atoms with van der Waals surface area (Å²) in [6, 6.07) is 2.59. The number of nitrogens with one attached hydrogen (secondary N) is 1. The normalized spacial score (nSPS) is 19.4. The van der Waals surface area contributed by atoms with Gasteiger partial charge in [-0.1, -0.05) is 32.1 Å². The van der Waals surface area contributed by atoms with Crippen LogP contribution in [-0.2, 0) is 7.05 Å². The summed E-state index contributed by atoms with van der Waals surface area (Å²) < 4.78 is 1.99. The van der Waals surface area contributed by atoms with E-state index < -0.39 is 0 Å². The highest BCUT2D eigenvalue weighted by Crippen LogP contribution is 2.30. The van der Waals surface area contributed by atoms with Gasteiger partial charge in [-0.3, -0.25) is 4.68 Å². The van der Waals surface area contributed by atoms with E-state index in [1.807, 2.05) is 17.9 Å². The van der Waals surface area contributed by atoms with Gasteiger partial charge < -0.3 is 5.32 Å². The third-order valence-electron chi connectivity index (χ3n) is 4.15. The Morgan fingerprint density at radius 3 is 2.76 bits per heavy atom. The molecule has 1 aliphatic rings. The predicted octanol–water partition coefficient (Wildman–Crippen LogP) is 3.04. The van der Waals surface area contributed by atoms with Gasteiger partial charge in [-0.05, 0) is 31.9 Å². The summed E-state index contributed by atoms with van der Waals surface area (Å²) in [6.07, 6.45) is 11.7. The van der Waals surface area contributed by atoms with Crippen LogP contribution in [0.4, 0.5) is 0 Å². The Bertz CT molecular complexity index is 326. The van der Waals surface area contributed by atoms with Gasteiger partial charge in [0.25, 0.3) is 0 Å². The number of aryl methyl sites for hydroxylation is 1. The molecule has 1 atom stereocenters. The van der Waals surface area contributed by atoms with Gasteiger partial charge in [-0.2, -0.15) is 5.10 Å². The van der Waals surface area contributed by atoms with E-state index in [1.165, 1.54) is 50.6 Å². The van der Waals surface area contributed by atoms with Crippen molar-refractivity contribution in [3.05, 3.63) is 18.0 Å². The maximum Gasteiger partial charge on any atom is 0.0550 e. The SMILES string of the molecule is CNC(CCC1CCCCC1)c1ccnn1C. The van der Waals surface area contributed by atoms with E-state index in [0.717, 1.165) is 5.92 Å². The Kier molecular flexibility index (Phi) is 4.60. The number of hydrogen-bond acceptors (Lipinski definition) is 2. The monoisotopic (exact) mass is 235 g/mol. The Morgan fingerprint density at radius 2 is 2.18 bits per heavy atom. The number of hydrogen-bond donors (Lipinski definition) is 1. The summed E-state index contributed by atoms with van der Waals surface area (Å²) in [5.41, 5.74) is 1.31. The van der Waals surface area contributed by atoms with Gasteiger partial charge in [0.2, 0.25) is 0 Å². The highest BCUT2D eigenvalue weighted by Gasteiger charge is 2.17. The summed E-state index contributed by atoms with van der Waals surface area (Å²) in [6.45, 7) is 0. The Morgan fingerprint density at radius 1 is 1.41 bits per heavy atom. The fourth-order valence-electron chi connectivity index (χ4n) is 3.04. The lowest BCUT2D eigenvalue weighted by molar-refractivity contribution is 0.314. The lowest BCUT2D eigenvalue weighted by Crippen LogP contribution is -2.20. The average Bonchev–Trinajstić information content (AvgIpc) is 2.78. The molecule has 96 valence electrons. The van der Waals surface area contributed by atoms with E-state index in [0.29, 0.717) is 6.04 Å². The van der Waals surface area contributed by atoms with Crippen molar-refractivity contribution >= 4 is 0 Å². The molecule has 1 heterocycles. The summed E-state index contributed by atoms with van der Waals surface area (Å²) >= 11 is 0. The molecule has 17 heavy (non-hydrogen) atoms. The van der Waals surface area contributed by atoms with Gasteiger partial charge in [0.15, 0.2) is 0 Å². The van der Waals surface area contributed by atoms with Crippen molar-refractivity contribution in [2.45, 2.75) is 51.0 Å². The van der Waals surface area contributed by atoms with E-state index in [2.05, 4.69) is 23.5 Å². The molecule has 0 spiro atoms. The summed E-state index contributed by atoms with van der Waals surface area (Å²) in [4.78, 5) is 0. The van der Waals surface area contributed by atoms with Crippen molar-refractivity contribution in [1.82, 2.24) is 15.1 Å². The molecule has 1 N–H and O–H groups in total. The van der Waals surface area contributed by atoms with Crippen LogP contribution in [-0.4, -0.2) is 16.8 Å². The van der Waals surface area contributed by atoms with Crippen LogP contribution in [0.5, 0.6) is 0 Å². The number of aromatic nitrogens is 2. The first kappa shape index (κ1) is 12.6. The van der Waals surface area contributed by atoms with Crippen LogP contribution in [0, 0.1) is 5.92 Å². The molecule has 0 bridgehead atoms. The van der Waals surface area contributed by atoms with Crippen molar-refractivity contribution in [2.75, 3.05) is 7.05 Å². The zero-order chi connectivity index (χ0) is 12.1. The van der Waals surface area contributed by atoms with Gasteiger partial charge in [-0.25, -0.2) is 0 Å². The Labute approximate surface area is 105 Å². The van der Waals surface area contributed by atoms with Gasteiger partial charge in [0, 0.05) is 19.3 Å². The zero-order valence-electron chi connectivity index (χ0n) is 11.2. The fraction of sp³-hybridized carbons (Fsp3) is 0.786. The second-order valence-corrected chi connectivity index (χ2v) is 5.30. The zero-order valence-corrected chi connectivity index (χ0v) is 11.2. The van der Waals surface area contributed by atoms with Crippen molar-refractivity contribution in [2.24, 2.45) is 13.0 Å². The van der Waals surface area contributed by atoms with Gasteiger partial charge >= 0.3 is 0 Å². The second-order valence-electron chi connectivity index (χ2n) is 5.30. The smallest absolute Gasteiger partial charge is 0.0550 e. The number of nitrogens with zero attached hydrogens (tertiary/aromatic N) is 2. The molecule has 1 aliphatic carbocycles. The first-order valence-electron chi connectivity index (χ1n) is 6.96. The topological polar surface area (TPSA) is 29.9 Å². The Hall–Kier alpha value is -0.830. The fourth-order valence-corrected chi connectivity index (χ4v) is 3.04. The molecule has 3 heteroatoms. The van der Waals surface area contributed by atoms with Crippen LogP contribution in [0.2, 0.25) is 0 Å². The Balaban J connectivity index is 1.85. The second kappa shape index (κ2) is 6.20. The van der Waals surface area contributed by atoms with Crippen LogP contribution in [0.15, 0.2) is 12.3 Å². The molecule has 0 aromatic carbocycles. The minimum atomic E-state index is 0.462. The summed E-state index contributed by atoms with van der Waals surface area (Å²) in [7, 11) is 4.08. The highest BCUT2D eigenvalue weighted by molar-refractivity contribution is 5.06. The maximum absolute atomic E-state index is 4.26. The molecule has 0 amide bonds. The lowest BCUT2D eigenvalue weighted by atomic mass is 9.85. The molecule has 1 fully saturated rings. The third kappa shape index (κ3) is 3.32. The van der Waals surface area contributed by atoms with E-state index in [4.69, 9.17) is 0 Å². The minimum Gasteiger partial charge on any atom is -0.312 e. The van der Waals surface area contributed by atoms with Crippen molar-refractivity contribution in [3.63, 3.8) is 0 Å². The molecule has 0 aliphatic heterocycles. The van der Waals surface area contributed by atoms with Gasteiger partial charge in [0.05, 0.1) is 5.69 Å². The molecule has 0 saturated heterocycles. The van der Waals surface area contributed by atoms with Crippen molar-refractivity contribution in [1.29, 1.82) is 0 Å². The molecule has 1 aromatic heterocycles. The van der Waals surface area contributed by atoms with E-state index >= 15 is 0 Å². The predicted molar refractivity (Wildman–Crippen MR) is 70.8 cm³/mol. The van der Waals surface area contributed by atoms with Crippen molar-refractivity contribution in [3.8, 4) is 0 Å². The van der Waals surface area contributed by atoms with Crippen LogP contribution in [0.3, 0.4) is 0 Å². The standard InChI is InChI=1S/C14H25N3/c1-15-13(14-10-11-16-17(14)2)9-8-12-6-4-3-5-7-12/h10-13,15H,3-9H2,1-2H3. The van der Waals surface area contributed by atoms with E-state index in [9.17, 15) is 0 Å². The summed E-state index contributed by atoms with van der Waals surface area (Å²) in [5.74, 6) is 0.966. The van der Waals surface area contributed by atoms with Gasteiger partial charge in [-0.15, -0.1) is 0 Å². The van der Waals surface area contributed by atoms with E-state index in [-0.39, 0.29) is 0 Å². The molecule has 1 aromatic rings. The largest absolute Gasteiger partial charge is 0.312 e. The lowest BCUT2D eigenvalue weighted by Gasteiger charge is -2.24. The molecule has 1 saturated carbocycles. The minimum absolute atomic E-state index is 0.462. The molecular formula is C14H25N3. The van der Waals surface area contributed by atoms with Crippen LogP contribution < -0.4 is 5.32 Å². The van der Waals surface area contributed by atoms with Crippen LogP contribution in [0.1, 0.15) is 56.7 Å². The molecule has 1 unspecified atom stereocenters. The van der Waals surface area contributed by atoms with Crippen LogP contribution >= 0.6 is 0 Å². The van der Waals surface area contributed by atoms with Crippen LogP contribution in [0.25, 0.3) is 0 Å².